The van der Waals surface area contributed by atoms with Crippen LogP contribution in [0.25, 0.3) is 0 Å². The van der Waals surface area contributed by atoms with E-state index >= 15 is 0 Å². The molecule has 0 aliphatic carbocycles. The molecule has 0 amide bonds. The Balaban J connectivity index is 1.78. The first-order valence-corrected chi connectivity index (χ1v) is 7.96. The molecule has 6 nitrogen and oxygen atoms in total. The average molecular weight is 305 g/mol. The SMILES string of the molecule is CC1CCCN(c2cnn(Cc3cnc(N)s3)c(=O)c2)C1. The van der Waals surface area contributed by atoms with Crippen LogP contribution in [0.5, 0.6) is 0 Å². The third-order valence-electron chi connectivity index (χ3n) is 3.75. The molecule has 112 valence electrons. The van der Waals surface area contributed by atoms with Gasteiger partial charge in [-0.25, -0.2) is 9.67 Å². The number of hydrogen-bond donors (Lipinski definition) is 1. The lowest BCUT2D eigenvalue weighted by molar-refractivity contribution is 0.445. The first-order valence-electron chi connectivity index (χ1n) is 7.14. The molecule has 1 unspecified atom stereocenters. The minimum atomic E-state index is -0.0855. The summed E-state index contributed by atoms with van der Waals surface area (Å²) in [5.74, 6) is 0.668. The molecule has 7 heteroatoms. The number of thiazole rings is 1. The van der Waals surface area contributed by atoms with Gasteiger partial charge in [0, 0.05) is 30.2 Å². The fourth-order valence-electron chi connectivity index (χ4n) is 2.68. The highest BCUT2D eigenvalue weighted by molar-refractivity contribution is 7.15. The van der Waals surface area contributed by atoms with Crippen LogP contribution in [-0.4, -0.2) is 27.9 Å². The van der Waals surface area contributed by atoms with Gasteiger partial charge >= 0.3 is 0 Å². The minimum absolute atomic E-state index is 0.0855. The maximum absolute atomic E-state index is 12.2. The van der Waals surface area contributed by atoms with E-state index in [1.165, 1.54) is 28.9 Å². The molecule has 0 bridgehead atoms. The molecule has 1 saturated heterocycles. The minimum Gasteiger partial charge on any atom is -0.375 e. The number of anilines is 2. The van der Waals surface area contributed by atoms with E-state index in [1.807, 2.05) is 0 Å². The van der Waals surface area contributed by atoms with Gasteiger partial charge in [-0.2, -0.15) is 5.10 Å². The molecule has 0 spiro atoms. The molecule has 0 saturated carbocycles. The lowest BCUT2D eigenvalue weighted by Crippen LogP contribution is -2.35. The van der Waals surface area contributed by atoms with E-state index < -0.39 is 0 Å². The van der Waals surface area contributed by atoms with Crippen molar-refractivity contribution < 1.29 is 0 Å². The molecular weight excluding hydrogens is 286 g/mol. The third-order valence-corrected chi connectivity index (χ3v) is 4.57. The number of nitrogens with zero attached hydrogens (tertiary/aromatic N) is 4. The molecule has 1 fully saturated rings. The second kappa shape index (κ2) is 5.85. The Labute approximate surface area is 127 Å². The van der Waals surface area contributed by atoms with Crippen molar-refractivity contribution in [2.75, 3.05) is 23.7 Å². The van der Waals surface area contributed by atoms with Gasteiger partial charge in [-0.3, -0.25) is 4.79 Å². The van der Waals surface area contributed by atoms with E-state index in [9.17, 15) is 4.79 Å². The van der Waals surface area contributed by atoms with Crippen LogP contribution in [0.15, 0.2) is 23.3 Å². The molecule has 1 aliphatic rings. The number of piperidine rings is 1. The van der Waals surface area contributed by atoms with Crippen molar-refractivity contribution in [3.8, 4) is 0 Å². The van der Waals surface area contributed by atoms with Crippen LogP contribution in [0.1, 0.15) is 24.6 Å². The van der Waals surface area contributed by atoms with E-state index in [1.54, 1.807) is 18.5 Å². The van der Waals surface area contributed by atoms with Gasteiger partial charge in [0.1, 0.15) is 0 Å². The summed E-state index contributed by atoms with van der Waals surface area (Å²) in [4.78, 5) is 19.4. The number of nitrogens with two attached hydrogens (primary N) is 1. The Morgan fingerprint density at radius 1 is 1.48 bits per heavy atom. The van der Waals surface area contributed by atoms with Crippen molar-refractivity contribution in [2.24, 2.45) is 5.92 Å². The third kappa shape index (κ3) is 3.24. The van der Waals surface area contributed by atoms with Crippen molar-refractivity contribution in [1.29, 1.82) is 0 Å². The first kappa shape index (κ1) is 14.1. The summed E-state index contributed by atoms with van der Waals surface area (Å²) in [6.07, 6.45) is 5.90. The number of hydrogen-bond acceptors (Lipinski definition) is 6. The maximum atomic E-state index is 12.2. The Kier molecular flexibility index (Phi) is 3.92. The first-order chi connectivity index (χ1) is 10.1. The highest BCUT2D eigenvalue weighted by Gasteiger charge is 2.17. The molecule has 0 aromatic carbocycles. The van der Waals surface area contributed by atoms with Crippen LogP contribution in [0.2, 0.25) is 0 Å². The Bertz CT molecular complexity index is 680. The van der Waals surface area contributed by atoms with E-state index in [-0.39, 0.29) is 5.56 Å². The van der Waals surface area contributed by atoms with Crippen LogP contribution in [0.3, 0.4) is 0 Å². The molecule has 0 radical (unpaired) electrons. The molecule has 3 heterocycles. The van der Waals surface area contributed by atoms with Gasteiger partial charge in [0.25, 0.3) is 5.56 Å². The van der Waals surface area contributed by atoms with Crippen molar-refractivity contribution in [3.63, 3.8) is 0 Å². The maximum Gasteiger partial charge on any atom is 0.269 e. The Morgan fingerprint density at radius 2 is 2.33 bits per heavy atom. The Morgan fingerprint density at radius 3 is 3.00 bits per heavy atom. The van der Waals surface area contributed by atoms with Crippen LogP contribution in [0, 0.1) is 5.92 Å². The van der Waals surface area contributed by atoms with Crippen LogP contribution >= 0.6 is 11.3 Å². The van der Waals surface area contributed by atoms with E-state index in [0.717, 1.165) is 23.7 Å². The zero-order valence-electron chi connectivity index (χ0n) is 12.0. The van der Waals surface area contributed by atoms with Crippen molar-refractivity contribution in [3.05, 3.63) is 33.7 Å². The largest absolute Gasteiger partial charge is 0.375 e. The van der Waals surface area contributed by atoms with Crippen LogP contribution < -0.4 is 16.2 Å². The summed E-state index contributed by atoms with van der Waals surface area (Å²) >= 11 is 1.38. The second-order valence-electron chi connectivity index (χ2n) is 5.57. The van der Waals surface area contributed by atoms with Crippen molar-refractivity contribution >= 4 is 22.2 Å². The zero-order chi connectivity index (χ0) is 14.8. The van der Waals surface area contributed by atoms with Crippen LogP contribution in [0.4, 0.5) is 10.8 Å². The van der Waals surface area contributed by atoms with Gasteiger partial charge in [-0.1, -0.05) is 6.92 Å². The lowest BCUT2D eigenvalue weighted by Gasteiger charge is -2.32. The number of nitrogen functional groups attached to an aromatic ring is 1. The summed E-state index contributed by atoms with van der Waals surface area (Å²) < 4.78 is 1.45. The predicted octanol–water partition coefficient (Wildman–Crippen LogP) is 1.57. The quantitative estimate of drug-likeness (QED) is 0.931. The topological polar surface area (TPSA) is 77.0 Å². The smallest absolute Gasteiger partial charge is 0.269 e. The molecular formula is C14H19N5OS. The van der Waals surface area contributed by atoms with Gasteiger partial charge < -0.3 is 10.6 Å². The van der Waals surface area contributed by atoms with E-state index in [4.69, 9.17) is 5.73 Å². The lowest BCUT2D eigenvalue weighted by atomic mass is 10.00. The van der Waals surface area contributed by atoms with Gasteiger partial charge in [-0.05, 0) is 18.8 Å². The fourth-order valence-corrected chi connectivity index (χ4v) is 3.35. The fraction of sp³-hybridized carbons (Fsp3) is 0.500. The van der Waals surface area contributed by atoms with E-state index in [0.29, 0.717) is 17.6 Å². The summed E-state index contributed by atoms with van der Waals surface area (Å²) in [7, 11) is 0. The summed E-state index contributed by atoms with van der Waals surface area (Å²) in [6, 6.07) is 1.68. The summed E-state index contributed by atoms with van der Waals surface area (Å²) in [6.45, 7) is 4.66. The molecule has 2 aromatic rings. The molecule has 2 N–H and O–H groups in total. The number of rotatable bonds is 3. The van der Waals surface area contributed by atoms with Gasteiger partial charge in [0.15, 0.2) is 5.13 Å². The molecule has 2 aromatic heterocycles. The number of aromatic nitrogens is 3. The normalized spacial score (nSPS) is 18.9. The van der Waals surface area contributed by atoms with Gasteiger partial charge in [0.2, 0.25) is 0 Å². The monoisotopic (exact) mass is 305 g/mol. The standard InChI is InChI=1S/C14H19N5OS/c1-10-3-2-4-18(8-10)11-5-13(20)19(17-6-11)9-12-7-16-14(15)21-12/h5-7,10H,2-4,8-9H2,1H3,(H2,15,16). The predicted molar refractivity (Wildman–Crippen MR) is 84.7 cm³/mol. The summed E-state index contributed by atoms with van der Waals surface area (Å²) in [5, 5.41) is 4.79. The van der Waals surface area contributed by atoms with Crippen molar-refractivity contribution in [1.82, 2.24) is 14.8 Å². The van der Waals surface area contributed by atoms with E-state index in [2.05, 4.69) is 21.9 Å². The van der Waals surface area contributed by atoms with Crippen molar-refractivity contribution in [2.45, 2.75) is 26.3 Å². The average Bonchev–Trinajstić information content (AvgIpc) is 2.86. The zero-order valence-corrected chi connectivity index (χ0v) is 12.8. The molecule has 3 rings (SSSR count). The Hall–Kier alpha value is -1.89. The van der Waals surface area contributed by atoms with Gasteiger partial charge in [0.05, 0.1) is 18.4 Å². The molecule has 1 atom stereocenters. The highest BCUT2D eigenvalue weighted by Crippen LogP contribution is 2.21. The van der Waals surface area contributed by atoms with Crippen LogP contribution in [-0.2, 0) is 6.54 Å². The highest BCUT2D eigenvalue weighted by atomic mass is 32.1. The molecule has 21 heavy (non-hydrogen) atoms. The second-order valence-corrected chi connectivity index (χ2v) is 6.71. The molecule has 1 aliphatic heterocycles. The van der Waals surface area contributed by atoms with Gasteiger partial charge in [-0.15, -0.1) is 11.3 Å². The summed E-state index contributed by atoms with van der Waals surface area (Å²) in [5.41, 5.74) is 6.44.